The van der Waals surface area contributed by atoms with Crippen LogP contribution in [0.2, 0.25) is 0 Å². The summed E-state index contributed by atoms with van der Waals surface area (Å²) in [5.41, 5.74) is -1.56. The summed E-state index contributed by atoms with van der Waals surface area (Å²) in [5, 5.41) is 18.3. The van der Waals surface area contributed by atoms with E-state index in [9.17, 15) is 9.59 Å². The van der Waals surface area contributed by atoms with E-state index in [0.29, 0.717) is 0 Å². The van der Waals surface area contributed by atoms with Crippen molar-refractivity contribution in [1.29, 1.82) is 0 Å². The van der Waals surface area contributed by atoms with Gasteiger partial charge in [-0.3, -0.25) is 9.59 Å². The van der Waals surface area contributed by atoms with Crippen molar-refractivity contribution >= 4 is 11.9 Å². The molecule has 17 heavy (non-hydrogen) atoms. The molecule has 0 aromatic heterocycles. The fourth-order valence-corrected chi connectivity index (χ4v) is 2.63. The molecule has 1 fully saturated rings. The smallest absolute Gasteiger partial charge is 1.00 e. The third kappa shape index (κ3) is 4.34. The maximum atomic E-state index is 11.2. The Hall–Kier alpha value is 1.17. The molecule has 0 aromatic carbocycles. The molecular formula is C11H20KLiO4. The SMILES string of the molecule is CCC(C(=O)O)(C(=O)O)C1CCCCC1.[H-].[H-].[K+].[Li+]. The van der Waals surface area contributed by atoms with E-state index < -0.39 is 17.4 Å². The zero-order valence-corrected chi connectivity index (χ0v) is 14.2. The molecule has 0 radical (unpaired) electrons. The predicted molar refractivity (Wildman–Crippen MR) is 56.8 cm³/mol. The van der Waals surface area contributed by atoms with Crippen LogP contribution in [0.3, 0.4) is 0 Å². The average Bonchev–Trinajstić information content (AvgIpc) is 2.20. The zero-order chi connectivity index (χ0) is 11.5. The molecular weight excluding hydrogens is 242 g/mol. The van der Waals surface area contributed by atoms with Crippen LogP contribution in [-0.2, 0) is 9.59 Å². The van der Waals surface area contributed by atoms with E-state index in [4.69, 9.17) is 10.2 Å². The first-order valence-corrected chi connectivity index (χ1v) is 5.52. The normalized spacial score (nSPS) is 16.5. The third-order valence-electron chi connectivity index (χ3n) is 3.62. The van der Waals surface area contributed by atoms with Crippen molar-refractivity contribution in [3.05, 3.63) is 0 Å². The summed E-state index contributed by atoms with van der Waals surface area (Å²) >= 11 is 0. The first kappa shape index (κ1) is 20.5. The van der Waals surface area contributed by atoms with E-state index in [1.54, 1.807) is 6.92 Å². The summed E-state index contributed by atoms with van der Waals surface area (Å²) in [7, 11) is 0. The van der Waals surface area contributed by atoms with Crippen molar-refractivity contribution in [2.45, 2.75) is 45.4 Å². The summed E-state index contributed by atoms with van der Waals surface area (Å²) in [6.07, 6.45) is 4.62. The number of hydrogen-bond acceptors (Lipinski definition) is 2. The molecule has 1 aliphatic carbocycles. The minimum absolute atomic E-state index is 0. The minimum Gasteiger partial charge on any atom is -1.00 e. The number of carboxylic acids is 2. The van der Waals surface area contributed by atoms with Crippen LogP contribution < -0.4 is 70.2 Å². The molecule has 2 N–H and O–H groups in total. The van der Waals surface area contributed by atoms with Crippen molar-refractivity contribution in [3.63, 3.8) is 0 Å². The van der Waals surface area contributed by atoms with Crippen LogP contribution in [0.15, 0.2) is 0 Å². The van der Waals surface area contributed by atoms with Gasteiger partial charge in [0.2, 0.25) is 0 Å². The predicted octanol–water partition coefficient (Wildman–Crippen LogP) is -3.63. The second-order valence-corrected chi connectivity index (χ2v) is 4.27. The van der Waals surface area contributed by atoms with Crippen molar-refractivity contribution in [3.8, 4) is 0 Å². The van der Waals surface area contributed by atoms with Crippen LogP contribution in [0.5, 0.6) is 0 Å². The summed E-state index contributed by atoms with van der Waals surface area (Å²) in [6, 6.07) is 0. The summed E-state index contributed by atoms with van der Waals surface area (Å²) in [5.74, 6) is -2.56. The number of hydrogen-bond donors (Lipinski definition) is 2. The Kier molecular flexibility index (Phi) is 11.0. The number of aliphatic carboxylic acids is 2. The topological polar surface area (TPSA) is 74.6 Å². The molecule has 0 spiro atoms. The molecule has 1 saturated carbocycles. The van der Waals surface area contributed by atoms with Gasteiger partial charge in [-0.25, -0.2) is 0 Å². The maximum Gasteiger partial charge on any atom is 1.00 e. The molecule has 0 aliphatic heterocycles. The van der Waals surface area contributed by atoms with Crippen LogP contribution in [0.25, 0.3) is 0 Å². The molecule has 6 heteroatoms. The Morgan fingerprint density at radius 2 is 1.59 bits per heavy atom. The van der Waals surface area contributed by atoms with Crippen LogP contribution >= 0.6 is 0 Å². The van der Waals surface area contributed by atoms with Gasteiger partial charge < -0.3 is 13.1 Å². The Labute approximate surface area is 159 Å². The van der Waals surface area contributed by atoms with Crippen molar-refractivity contribution < 1.29 is 92.9 Å². The third-order valence-corrected chi connectivity index (χ3v) is 3.62. The Morgan fingerprint density at radius 3 is 1.88 bits per heavy atom. The summed E-state index contributed by atoms with van der Waals surface area (Å²) < 4.78 is 0. The molecule has 0 bridgehead atoms. The second-order valence-electron chi connectivity index (χ2n) is 4.27. The minimum atomic E-state index is -1.56. The quantitative estimate of drug-likeness (QED) is 0.405. The molecule has 0 unspecified atom stereocenters. The van der Waals surface area contributed by atoms with Gasteiger partial charge in [-0.05, 0) is 25.2 Å². The second kappa shape index (κ2) is 9.14. The number of carboxylic acid groups (broad SMARTS) is 2. The first-order valence-electron chi connectivity index (χ1n) is 5.52. The number of rotatable bonds is 4. The van der Waals surface area contributed by atoms with Gasteiger partial charge in [-0.15, -0.1) is 0 Å². The van der Waals surface area contributed by atoms with Crippen molar-refractivity contribution in [1.82, 2.24) is 0 Å². The molecule has 0 saturated heterocycles. The van der Waals surface area contributed by atoms with Crippen LogP contribution in [-0.4, -0.2) is 22.2 Å². The average molecular weight is 262 g/mol. The van der Waals surface area contributed by atoms with E-state index in [1.807, 2.05) is 0 Å². The van der Waals surface area contributed by atoms with Gasteiger partial charge in [0.1, 0.15) is 0 Å². The molecule has 4 nitrogen and oxygen atoms in total. The zero-order valence-electron chi connectivity index (χ0n) is 13.0. The van der Waals surface area contributed by atoms with Crippen molar-refractivity contribution in [2.24, 2.45) is 11.3 Å². The summed E-state index contributed by atoms with van der Waals surface area (Å²) in [4.78, 5) is 22.4. The van der Waals surface area contributed by atoms with Crippen LogP contribution in [0.1, 0.15) is 48.3 Å². The van der Waals surface area contributed by atoms with Gasteiger partial charge >= 0.3 is 82.2 Å². The van der Waals surface area contributed by atoms with Gasteiger partial charge in [0.05, 0.1) is 0 Å². The molecule has 0 amide bonds. The Morgan fingerprint density at radius 1 is 1.18 bits per heavy atom. The monoisotopic (exact) mass is 262 g/mol. The summed E-state index contributed by atoms with van der Waals surface area (Å²) in [6.45, 7) is 1.65. The fraction of sp³-hybridized carbons (Fsp3) is 0.818. The van der Waals surface area contributed by atoms with E-state index in [2.05, 4.69) is 0 Å². The molecule has 90 valence electrons. The van der Waals surface area contributed by atoms with Gasteiger partial charge in [0.15, 0.2) is 5.41 Å². The molecule has 0 atom stereocenters. The van der Waals surface area contributed by atoms with E-state index in [1.165, 1.54) is 0 Å². The molecule has 1 aliphatic rings. The van der Waals surface area contributed by atoms with Gasteiger partial charge in [-0.2, -0.15) is 0 Å². The Balaban J connectivity index is -0.000000281. The fourth-order valence-electron chi connectivity index (χ4n) is 2.63. The molecule has 0 aromatic rings. The maximum absolute atomic E-state index is 11.2. The molecule has 1 rings (SSSR count). The van der Waals surface area contributed by atoms with E-state index >= 15 is 0 Å². The van der Waals surface area contributed by atoms with E-state index in [-0.39, 0.29) is 85.4 Å². The van der Waals surface area contributed by atoms with Gasteiger partial charge in [0.25, 0.3) is 0 Å². The first-order chi connectivity index (χ1) is 7.05. The van der Waals surface area contributed by atoms with Crippen LogP contribution in [0, 0.1) is 11.3 Å². The standard InChI is InChI=1S/C11H18O4.K.Li.2H/c1-2-11(9(12)13,10(14)15)8-6-4-3-5-7-8;;;;/h8H,2-7H2,1H3,(H,12,13)(H,14,15);;;;/q;2*+1;2*-1. The Bertz CT molecular complexity index is 259. The van der Waals surface area contributed by atoms with E-state index in [0.717, 1.165) is 32.1 Å². The number of carbonyl (C=O) groups is 2. The van der Waals surface area contributed by atoms with Gasteiger partial charge in [-0.1, -0.05) is 26.2 Å². The van der Waals surface area contributed by atoms with Crippen LogP contribution in [0.4, 0.5) is 0 Å². The van der Waals surface area contributed by atoms with Crippen molar-refractivity contribution in [2.75, 3.05) is 0 Å². The molecule has 0 heterocycles. The largest absolute Gasteiger partial charge is 1.00 e. The van der Waals surface area contributed by atoms with Gasteiger partial charge in [0, 0.05) is 0 Å².